The number of nitrogens with two attached hydrogens (primary N) is 1. The van der Waals surface area contributed by atoms with Crippen LogP contribution in [0.2, 0.25) is 0 Å². The topological polar surface area (TPSA) is 50.1 Å². The van der Waals surface area contributed by atoms with Crippen LogP contribution in [0, 0.1) is 0 Å². The van der Waals surface area contributed by atoms with Gasteiger partial charge in [-0.2, -0.15) is 0 Å². The summed E-state index contributed by atoms with van der Waals surface area (Å²) in [6, 6.07) is 0. The first kappa shape index (κ1) is 10.9. The molecule has 3 nitrogen and oxygen atoms in total. The molecule has 0 aromatic carbocycles. The van der Waals surface area contributed by atoms with Crippen molar-refractivity contribution >= 4 is 0 Å². The van der Waals surface area contributed by atoms with Gasteiger partial charge in [0.25, 0.3) is 0 Å². The van der Waals surface area contributed by atoms with E-state index < -0.39 is 0 Å². The van der Waals surface area contributed by atoms with Crippen LogP contribution in [0.15, 0.2) is 0 Å². The maximum Gasteiger partial charge on any atom is 0.00772 e. The molecule has 0 aliphatic heterocycles. The van der Waals surface area contributed by atoms with E-state index in [0.29, 0.717) is 0 Å². The SMILES string of the molecule is CCCCNCCNCCN. The van der Waals surface area contributed by atoms with Crippen molar-refractivity contribution in [3.8, 4) is 0 Å². The lowest BCUT2D eigenvalue weighted by Crippen LogP contribution is -2.31. The van der Waals surface area contributed by atoms with E-state index in [9.17, 15) is 0 Å². The molecule has 0 amide bonds. The fraction of sp³-hybridized carbons (Fsp3) is 1.00. The summed E-state index contributed by atoms with van der Waals surface area (Å²) in [5, 5.41) is 6.57. The van der Waals surface area contributed by atoms with Crippen molar-refractivity contribution in [1.82, 2.24) is 10.6 Å². The molecule has 0 fully saturated rings. The minimum absolute atomic E-state index is 0.731. The molecule has 0 aromatic rings. The Morgan fingerprint density at radius 3 is 2.18 bits per heavy atom. The standard InChI is InChI=1S/C8H21N3/c1-2-3-5-10-7-8-11-6-4-9/h10-11H,2-9H2,1H3. The minimum Gasteiger partial charge on any atom is -0.329 e. The Bertz CT molecular complexity index is 58.4. The molecule has 0 aliphatic carbocycles. The molecule has 0 radical (unpaired) electrons. The highest BCUT2D eigenvalue weighted by molar-refractivity contribution is 4.51. The lowest BCUT2D eigenvalue weighted by molar-refractivity contribution is 0.596. The number of unbranched alkanes of at least 4 members (excludes halogenated alkanes) is 1. The zero-order valence-electron chi connectivity index (χ0n) is 7.53. The van der Waals surface area contributed by atoms with E-state index >= 15 is 0 Å². The smallest absolute Gasteiger partial charge is 0.00772 e. The van der Waals surface area contributed by atoms with Crippen molar-refractivity contribution in [2.24, 2.45) is 5.73 Å². The molecule has 0 unspecified atom stereocenters. The number of rotatable bonds is 8. The average molecular weight is 159 g/mol. The second-order valence-electron chi connectivity index (χ2n) is 2.64. The van der Waals surface area contributed by atoms with E-state index in [1.54, 1.807) is 0 Å². The van der Waals surface area contributed by atoms with Crippen molar-refractivity contribution in [3.05, 3.63) is 0 Å². The van der Waals surface area contributed by atoms with Crippen LogP contribution < -0.4 is 16.4 Å². The van der Waals surface area contributed by atoms with Crippen LogP contribution in [0.4, 0.5) is 0 Å². The van der Waals surface area contributed by atoms with E-state index in [-0.39, 0.29) is 0 Å². The van der Waals surface area contributed by atoms with E-state index in [4.69, 9.17) is 5.73 Å². The summed E-state index contributed by atoms with van der Waals surface area (Å²) >= 11 is 0. The Morgan fingerprint density at radius 1 is 1.00 bits per heavy atom. The number of hydrogen-bond donors (Lipinski definition) is 3. The maximum atomic E-state index is 5.31. The summed E-state index contributed by atoms with van der Waals surface area (Å²) in [6.07, 6.45) is 2.54. The third kappa shape index (κ3) is 9.88. The van der Waals surface area contributed by atoms with Crippen LogP contribution in [0.1, 0.15) is 19.8 Å². The lowest BCUT2D eigenvalue weighted by Gasteiger charge is -2.04. The third-order valence-electron chi connectivity index (χ3n) is 1.51. The molecule has 3 heteroatoms. The Morgan fingerprint density at radius 2 is 1.64 bits per heavy atom. The zero-order valence-corrected chi connectivity index (χ0v) is 7.53. The van der Waals surface area contributed by atoms with Crippen LogP contribution in [0.5, 0.6) is 0 Å². The van der Waals surface area contributed by atoms with Crippen molar-refractivity contribution in [3.63, 3.8) is 0 Å². The molecule has 0 aromatic heterocycles. The third-order valence-corrected chi connectivity index (χ3v) is 1.51. The van der Waals surface area contributed by atoms with Gasteiger partial charge < -0.3 is 16.4 Å². The maximum absolute atomic E-state index is 5.31. The first-order valence-electron chi connectivity index (χ1n) is 4.53. The predicted octanol–water partition coefficient (Wildman–Crippen LogP) is -0.0756. The van der Waals surface area contributed by atoms with Crippen LogP contribution in [0.25, 0.3) is 0 Å². The molecule has 0 rings (SSSR count). The quantitative estimate of drug-likeness (QED) is 0.434. The molecule has 0 aliphatic rings. The van der Waals surface area contributed by atoms with Gasteiger partial charge in [0.1, 0.15) is 0 Å². The van der Waals surface area contributed by atoms with Gasteiger partial charge in [0, 0.05) is 26.2 Å². The van der Waals surface area contributed by atoms with Gasteiger partial charge in [-0.15, -0.1) is 0 Å². The second-order valence-corrected chi connectivity index (χ2v) is 2.64. The molecule has 0 heterocycles. The average Bonchev–Trinajstić information content (AvgIpc) is 2.03. The summed E-state index contributed by atoms with van der Waals surface area (Å²) in [5.41, 5.74) is 5.31. The molecular weight excluding hydrogens is 138 g/mol. The monoisotopic (exact) mass is 159 g/mol. The van der Waals surface area contributed by atoms with E-state index in [1.807, 2.05) is 0 Å². The fourth-order valence-electron chi connectivity index (χ4n) is 0.831. The van der Waals surface area contributed by atoms with Crippen LogP contribution in [0.3, 0.4) is 0 Å². The van der Waals surface area contributed by atoms with Gasteiger partial charge in [-0.1, -0.05) is 13.3 Å². The Kier molecular flexibility index (Phi) is 9.77. The van der Waals surface area contributed by atoms with Gasteiger partial charge in [0.2, 0.25) is 0 Å². The molecule has 0 saturated carbocycles. The summed E-state index contributed by atoms with van der Waals surface area (Å²) in [5.74, 6) is 0. The molecular formula is C8H21N3. The first-order valence-corrected chi connectivity index (χ1v) is 4.53. The zero-order chi connectivity index (χ0) is 8.36. The normalized spacial score (nSPS) is 10.4. The van der Waals surface area contributed by atoms with E-state index in [2.05, 4.69) is 17.6 Å². The molecule has 0 bridgehead atoms. The van der Waals surface area contributed by atoms with Gasteiger partial charge in [-0.25, -0.2) is 0 Å². The van der Waals surface area contributed by atoms with Crippen LogP contribution in [-0.2, 0) is 0 Å². The van der Waals surface area contributed by atoms with Crippen LogP contribution in [-0.4, -0.2) is 32.7 Å². The van der Waals surface area contributed by atoms with Gasteiger partial charge in [0.15, 0.2) is 0 Å². The largest absolute Gasteiger partial charge is 0.329 e. The first-order chi connectivity index (χ1) is 5.41. The van der Waals surface area contributed by atoms with Gasteiger partial charge >= 0.3 is 0 Å². The molecule has 0 atom stereocenters. The molecule has 11 heavy (non-hydrogen) atoms. The van der Waals surface area contributed by atoms with Gasteiger partial charge in [-0.3, -0.25) is 0 Å². The fourth-order valence-corrected chi connectivity index (χ4v) is 0.831. The number of nitrogens with one attached hydrogen (secondary N) is 2. The Balaban J connectivity index is 2.69. The second kappa shape index (κ2) is 9.88. The lowest BCUT2D eigenvalue weighted by atomic mass is 10.3. The molecule has 4 N–H and O–H groups in total. The van der Waals surface area contributed by atoms with Crippen molar-refractivity contribution in [2.75, 3.05) is 32.7 Å². The van der Waals surface area contributed by atoms with Gasteiger partial charge in [-0.05, 0) is 13.0 Å². The number of hydrogen-bond acceptors (Lipinski definition) is 3. The highest BCUT2D eigenvalue weighted by Gasteiger charge is 1.85. The van der Waals surface area contributed by atoms with E-state index in [1.165, 1.54) is 12.8 Å². The van der Waals surface area contributed by atoms with Crippen molar-refractivity contribution < 1.29 is 0 Å². The molecule has 0 spiro atoms. The van der Waals surface area contributed by atoms with Gasteiger partial charge in [0.05, 0.1) is 0 Å². The summed E-state index contributed by atoms with van der Waals surface area (Å²) < 4.78 is 0. The molecule has 0 saturated heterocycles. The predicted molar refractivity (Wildman–Crippen MR) is 49.7 cm³/mol. The summed E-state index contributed by atoms with van der Waals surface area (Å²) in [6.45, 7) is 7.08. The van der Waals surface area contributed by atoms with Crippen molar-refractivity contribution in [1.29, 1.82) is 0 Å². The Labute approximate surface area is 69.7 Å². The summed E-state index contributed by atoms with van der Waals surface area (Å²) in [7, 11) is 0. The van der Waals surface area contributed by atoms with Crippen molar-refractivity contribution in [2.45, 2.75) is 19.8 Å². The minimum atomic E-state index is 0.731. The Hall–Kier alpha value is -0.120. The highest BCUT2D eigenvalue weighted by Crippen LogP contribution is 1.80. The summed E-state index contributed by atoms with van der Waals surface area (Å²) in [4.78, 5) is 0. The highest BCUT2D eigenvalue weighted by atomic mass is 14.9. The van der Waals surface area contributed by atoms with E-state index in [0.717, 1.165) is 32.7 Å². The molecule has 68 valence electrons. The van der Waals surface area contributed by atoms with Crippen LogP contribution >= 0.6 is 0 Å².